The van der Waals surface area contributed by atoms with Gasteiger partial charge in [-0.2, -0.15) is 5.10 Å². The van der Waals surface area contributed by atoms with Crippen molar-refractivity contribution in [3.63, 3.8) is 0 Å². The number of aryl methyl sites for hydroxylation is 1. The van der Waals surface area contributed by atoms with Crippen molar-refractivity contribution in [2.75, 3.05) is 5.32 Å². The number of aromatic nitrogens is 3. The summed E-state index contributed by atoms with van der Waals surface area (Å²) in [4.78, 5) is 35.4. The average molecular weight is 489 g/mol. The number of imidazole rings is 1. The van der Waals surface area contributed by atoms with Gasteiger partial charge in [-0.15, -0.1) is 0 Å². The Kier molecular flexibility index (Phi) is 6.19. The van der Waals surface area contributed by atoms with Crippen LogP contribution in [0.4, 0.5) is 9.52 Å². The topological polar surface area (TPSA) is 92.5 Å². The fourth-order valence-corrected chi connectivity index (χ4v) is 4.74. The van der Waals surface area contributed by atoms with E-state index in [0.29, 0.717) is 5.13 Å². The first kappa shape index (κ1) is 22.6. The maximum absolute atomic E-state index is 13.2. The van der Waals surface area contributed by atoms with Gasteiger partial charge in [-0.3, -0.25) is 14.9 Å². The second-order valence-corrected chi connectivity index (χ2v) is 9.00. The molecule has 0 bridgehead atoms. The highest BCUT2D eigenvalue weighted by Crippen LogP contribution is 2.38. The number of hydrazone groups is 1. The molecule has 10 heteroatoms. The minimum absolute atomic E-state index is 0.161. The summed E-state index contributed by atoms with van der Waals surface area (Å²) < 4.78 is 15.1. The van der Waals surface area contributed by atoms with Crippen molar-refractivity contribution in [2.24, 2.45) is 12.1 Å². The molecule has 8 nitrogen and oxygen atoms in total. The summed E-state index contributed by atoms with van der Waals surface area (Å²) in [6, 6.07) is 15.5. The van der Waals surface area contributed by atoms with Crippen molar-refractivity contribution in [2.45, 2.75) is 19.4 Å². The van der Waals surface area contributed by atoms with Gasteiger partial charge >= 0.3 is 0 Å². The molecule has 2 aromatic carbocycles. The van der Waals surface area contributed by atoms with E-state index in [1.165, 1.54) is 28.5 Å². The lowest BCUT2D eigenvalue weighted by molar-refractivity contribution is -0.132. The Balaban J connectivity index is 1.40. The molecule has 0 saturated heterocycles. The molecular weight excluding hydrogens is 467 g/mol. The van der Waals surface area contributed by atoms with Gasteiger partial charge in [0.1, 0.15) is 11.5 Å². The van der Waals surface area contributed by atoms with Crippen LogP contribution in [0.15, 0.2) is 72.1 Å². The number of rotatable bonds is 6. The number of nitrogens with zero attached hydrogens (tertiary/aromatic N) is 5. The molecule has 0 aliphatic carbocycles. The Morgan fingerprint density at radius 1 is 1.11 bits per heavy atom. The number of halogens is 1. The first-order valence-electron chi connectivity index (χ1n) is 11.0. The number of anilines is 1. The summed E-state index contributed by atoms with van der Waals surface area (Å²) in [7, 11) is 1.90. The molecule has 0 spiro atoms. The zero-order chi connectivity index (χ0) is 24.4. The van der Waals surface area contributed by atoms with Crippen LogP contribution in [0.2, 0.25) is 0 Å². The van der Waals surface area contributed by atoms with Crippen molar-refractivity contribution >= 4 is 34.0 Å². The lowest BCUT2D eigenvalue weighted by Crippen LogP contribution is -2.36. The molecule has 0 fully saturated rings. The molecular formula is C25H21FN6O2S. The first-order valence-corrected chi connectivity index (χ1v) is 11.8. The van der Waals surface area contributed by atoms with Gasteiger partial charge in [0.15, 0.2) is 11.0 Å². The highest BCUT2D eigenvalue weighted by molar-refractivity contribution is 7.19. The Morgan fingerprint density at radius 2 is 1.89 bits per heavy atom. The maximum atomic E-state index is 13.2. The van der Waals surface area contributed by atoms with Crippen LogP contribution in [0.3, 0.4) is 0 Å². The van der Waals surface area contributed by atoms with E-state index in [0.717, 1.165) is 27.5 Å². The minimum Gasteiger partial charge on any atom is -0.333 e. The molecule has 1 aliphatic heterocycles. The quantitative estimate of drug-likeness (QED) is 0.434. The molecule has 5 rings (SSSR count). The minimum atomic E-state index is -0.415. The molecule has 0 saturated carbocycles. The second kappa shape index (κ2) is 9.59. The van der Waals surface area contributed by atoms with Crippen molar-refractivity contribution < 1.29 is 14.0 Å². The Labute approximate surface area is 204 Å². The predicted molar refractivity (Wildman–Crippen MR) is 132 cm³/mol. The van der Waals surface area contributed by atoms with Crippen molar-refractivity contribution in [3.8, 4) is 22.0 Å². The summed E-state index contributed by atoms with van der Waals surface area (Å²) in [5.74, 6) is -0.219. The van der Waals surface area contributed by atoms with Gasteiger partial charge in [0, 0.05) is 37.8 Å². The van der Waals surface area contributed by atoms with Crippen LogP contribution in [0.25, 0.3) is 22.0 Å². The van der Waals surface area contributed by atoms with Gasteiger partial charge in [0.25, 0.3) is 5.91 Å². The number of amides is 2. The molecule has 35 heavy (non-hydrogen) atoms. The molecule has 2 aromatic heterocycles. The summed E-state index contributed by atoms with van der Waals surface area (Å²) >= 11 is 1.33. The van der Waals surface area contributed by atoms with Gasteiger partial charge in [-0.05, 0) is 17.7 Å². The molecule has 2 amide bonds. The lowest BCUT2D eigenvalue weighted by Gasteiger charge is -2.23. The Morgan fingerprint density at radius 3 is 2.60 bits per heavy atom. The largest absolute Gasteiger partial charge is 0.333 e. The third kappa shape index (κ3) is 4.87. The predicted octanol–water partition coefficient (Wildman–Crippen LogP) is 4.47. The average Bonchev–Trinajstić information content (AvgIpc) is 3.48. The monoisotopic (exact) mass is 488 g/mol. The van der Waals surface area contributed by atoms with Crippen LogP contribution >= 0.6 is 11.3 Å². The van der Waals surface area contributed by atoms with E-state index in [4.69, 9.17) is 0 Å². The zero-order valence-corrected chi connectivity index (χ0v) is 19.6. The number of hydrogen-bond acceptors (Lipinski definition) is 6. The molecule has 3 heterocycles. The number of carbonyl (C=O) groups is 2. The lowest BCUT2D eigenvalue weighted by atomic mass is 10.1. The van der Waals surface area contributed by atoms with Gasteiger partial charge in [0.2, 0.25) is 5.91 Å². The highest BCUT2D eigenvalue weighted by Gasteiger charge is 2.26. The molecule has 0 radical (unpaired) electrons. The Hall–Kier alpha value is -4.18. The van der Waals surface area contributed by atoms with E-state index < -0.39 is 5.91 Å². The Bertz CT molecular complexity index is 1410. The van der Waals surface area contributed by atoms with Crippen LogP contribution in [-0.2, 0) is 23.2 Å². The number of benzene rings is 2. The molecule has 0 unspecified atom stereocenters. The second-order valence-electron chi connectivity index (χ2n) is 8.00. The fraction of sp³-hybridized carbons (Fsp3) is 0.160. The standard InChI is InChI=1S/C25H21FN6O2S/c1-31-14-13-27-23(31)22-21(17-5-3-2-4-6-17)28-25(35-22)29-24(34)19-11-12-20(33)32(30-19)15-16-7-9-18(26)10-8-16/h2-10,13-14H,11-12,15H2,1H3,(H,28,29,34). The zero-order valence-electron chi connectivity index (χ0n) is 18.8. The van der Waals surface area contributed by atoms with Crippen LogP contribution in [0.1, 0.15) is 18.4 Å². The number of thiazole rings is 1. The van der Waals surface area contributed by atoms with Gasteiger partial charge in [0.05, 0.1) is 17.1 Å². The molecule has 4 aromatic rings. The molecule has 1 N–H and O–H groups in total. The van der Waals surface area contributed by atoms with E-state index in [1.54, 1.807) is 18.3 Å². The molecule has 1 aliphatic rings. The van der Waals surface area contributed by atoms with Crippen LogP contribution in [0.5, 0.6) is 0 Å². The van der Waals surface area contributed by atoms with E-state index in [2.05, 4.69) is 20.4 Å². The van der Waals surface area contributed by atoms with Crippen LogP contribution in [0, 0.1) is 5.82 Å². The smallest absolute Gasteiger partial charge is 0.273 e. The van der Waals surface area contributed by atoms with Crippen molar-refractivity contribution in [1.29, 1.82) is 0 Å². The van der Waals surface area contributed by atoms with Crippen molar-refractivity contribution in [3.05, 3.63) is 78.4 Å². The van der Waals surface area contributed by atoms with Crippen molar-refractivity contribution in [1.82, 2.24) is 19.5 Å². The number of carbonyl (C=O) groups excluding carboxylic acids is 2. The normalized spacial score (nSPS) is 13.6. The summed E-state index contributed by atoms with van der Waals surface area (Å²) in [6.45, 7) is 0.161. The SMILES string of the molecule is Cn1ccnc1-c1sc(NC(=O)C2=NN(Cc3ccc(F)cc3)C(=O)CC2)nc1-c1ccccc1. The third-order valence-corrected chi connectivity index (χ3v) is 6.50. The maximum Gasteiger partial charge on any atom is 0.273 e. The van der Waals surface area contributed by atoms with E-state index in [-0.39, 0.29) is 36.8 Å². The number of nitrogens with one attached hydrogen (secondary N) is 1. The number of hydrogen-bond donors (Lipinski definition) is 1. The first-order chi connectivity index (χ1) is 17.0. The van der Waals surface area contributed by atoms with Crippen LogP contribution < -0.4 is 5.32 Å². The van der Waals surface area contributed by atoms with Gasteiger partial charge < -0.3 is 4.57 Å². The van der Waals surface area contributed by atoms with E-state index >= 15 is 0 Å². The highest BCUT2D eigenvalue weighted by atomic mass is 32.1. The van der Waals surface area contributed by atoms with E-state index in [9.17, 15) is 14.0 Å². The third-order valence-electron chi connectivity index (χ3n) is 5.53. The van der Waals surface area contributed by atoms with E-state index in [1.807, 2.05) is 48.1 Å². The fourth-order valence-electron chi connectivity index (χ4n) is 3.72. The molecule has 0 atom stereocenters. The summed E-state index contributed by atoms with van der Waals surface area (Å²) in [6.07, 6.45) is 3.96. The van der Waals surface area contributed by atoms with Gasteiger partial charge in [-0.1, -0.05) is 53.8 Å². The van der Waals surface area contributed by atoms with Gasteiger partial charge in [-0.25, -0.2) is 19.4 Å². The summed E-state index contributed by atoms with van der Waals surface area (Å²) in [5.41, 5.74) is 2.59. The summed E-state index contributed by atoms with van der Waals surface area (Å²) in [5, 5.41) is 8.79. The van der Waals surface area contributed by atoms with Crippen LogP contribution in [-0.4, -0.2) is 37.1 Å². The molecule has 176 valence electrons.